The van der Waals surface area contributed by atoms with Gasteiger partial charge in [0, 0.05) is 43.1 Å². The quantitative estimate of drug-likeness (QED) is 0.279. The molecule has 3 aromatic heterocycles. The average Bonchev–Trinajstić information content (AvgIpc) is 3.60. The van der Waals surface area contributed by atoms with E-state index in [0.717, 1.165) is 47.3 Å². The maximum Gasteiger partial charge on any atom is 0.228 e. The minimum absolute atomic E-state index is 0.0122. The molecule has 44 heavy (non-hydrogen) atoms. The maximum atomic E-state index is 14.0. The topological polar surface area (TPSA) is 122 Å². The molecule has 0 unspecified atom stereocenters. The molecule has 7 rings (SSSR count). The summed E-state index contributed by atoms with van der Waals surface area (Å²) >= 11 is 0. The number of pyridine rings is 1. The van der Waals surface area contributed by atoms with Crippen LogP contribution in [-0.2, 0) is 17.8 Å². The van der Waals surface area contributed by atoms with Gasteiger partial charge < -0.3 is 25.3 Å². The van der Waals surface area contributed by atoms with Crippen molar-refractivity contribution in [3.8, 4) is 17.3 Å². The lowest BCUT2D eigenvalue weighted by Gasteiger charge is -2.39. The third-order valence-corrected chi connectivity index (χ3v) is 8.44. The minimum Gasteiger partial charge on any atom is -0.433 e. The number of aromatic amines is 1. The number of aromatic nitrogens is 4. The molecule has 3 N–H and O–H groups in total. The van der Waals surface area contributed by atoms with E-state index in [9.17, 15) is 18.4 Å². The van der Waals surface area contributed by atoms with Gasteiger partial charge in [0.2, 0.25) is 23.3 Å². The zero-order valence-corrected chi connectivity index (χ0v) is 24.1. The van der Waals surface area contributed by atoms with Crippen molar-refractivity contribution in [2.45, 2.75) is 19.9 Å². The molecule has 1 saturated heterocycles. The highest BCUT2D eigenvalue weighted by Gasteiger charge is 2.34. The maximum absolute atomic E-state index is 14.0. The van der Waals surface area contributed by atoms with Crippen LogP contribution in [0, 0.1) is 24.5 Å². The normalized spacial score (nSPS) is 15.3. The van der Waals surface area contributed by atoms with E-state index in [1.165, 1.54) is 29.2 Å². The lowest BCUT2D eigenvalue weighted by atomic mass is 9.93. The van der Waals surface area contributed by atoms with Gasteiger partial charge in [-0.15, -0.1) is 0 Å². The number of rotatable bonds is 6. The van der Waals surface area contributed by atoms with Crippen molar-refractivity contribution in [3.05, 3.63) is 94.4 Å². The lowest BCUT2D eigenvalue weighted by Crippen LogP contribution is -2.53. The van der Waals surface area contributed by atoms with E-state index >= 15 is 0 Å². The molecule has 2 aliphatic heterocycles. The summed E-state index contributed by atoms with van der Waals surface area (Å²) in [5.74, 6) is -2.18. The monoisotopic (exact) mass is 597 g/mol. The summed E-state index contributed by atoms with van der Waals surface area (Å²) in [6, 6.07) is 10.7. The van der Waals surface area contributed by atoms with Gasteiger partial charge in [0.1, 0.15) is 5.82 Å². The number of carbonyl (C=O) groups excluding carboxylic acids is 2. The second-order valence-electron chi connectivity index (χ2n) is 11.4. The molecule has 0 spiro atoms. The Morgan fingerprint density at radius 1 is 1.09 bits per heavy atom. The highest BCUT2D eigenvalue weighted by molar-refractivity contribution is 6.12. The number of carbonyl (C=O) groups is 2. The van der Waals surface area contributed by atoms with E-state index in [2.05, 4.69) is 20.0 Å². The molecule has 1 amide bonds. The number of amides is 1. The Balaban J connectivity index is 1.12. The zero-order valence-electron chi connectivity index (χ0n) is 24.1. The van der Waals surface area contributed by atoms with Gasteiger partial charge in [-0.1, -0.05) is 12.1 Å². The van der Waals surface area contributed by atoms with E-state index in [4.69, 9.17) is 10.5 Å². The van der Waals surface area contributed by atoms with Crippen molar-refractivity contribution >= 4 is 28.4 Å². The number of nitrogens with one attached hydrogen (secondary N) is 1. The van der Waals surface area contributed by atoms with Gasteiger partial charge in [0.15, 0.2) is 11.6 Å². The van der Waals surface area contributed by atoms with Crippen LogP contribution in [0.15, 0.2) is 54.9 Å². The number of fused-ring (bicyclic) bond motifs is 3. The number of hydrogen-bond acceptors (Lipinski definition) is 7. The number of ketones is 1. The van der Waals surface area contributed by atoms with Gasteiger partial charge in [0.05, 0.1) is 35.3 Å². The first-order valence-corrected chi connectivity index (χ1v) is 14.3. The molecule has 2 aliphatic rings. The molecule has 5 heterocycles. The molecule has 0 atom stereocenters. The van der Waals surface area contributed by atoms with Crippen molar-refractivity contribution in [1.29, 1.82) is 0 Å². The summed E-state index contributed by atoms with van der Waals surface area (Å²) in [4.78, 5) is 38.0. The Hall–Kier alpha value is -5.10. The van der Waals surface area contributed by atoms with Crippen LogP contribution >= 0.6 is 0 Å². The Kier molecular flexibility index (Phi) is 6.65. The van der Waals surface area contributed by atoms with Crippen LogP contribution in [0.1, 0.15) is 32.7 Å². The molecule has 2 aromatic carbocycles. The number of aryl methyl sites for hydroxylation is 1. The van der Waals surface area contributed by atoms with Gasteiger partial charge in [0.25, 0.3) is 0 Å². The van der Waals surface area contributed by atoms with E-state index in [1.807, 2.05) is 30.1 Å². The third kappa shape index (κ3) is 4.67. The molecule has 224 valence electrons. The Bertz CT molecular complexity index is 1940. The minimum atomic E-state index is -0.847. The highest BCUT2D eigenvalue weighted by Crippen LogP contribution is 2.32. The number of likely N-dealkylation sites (tertiary alicyclic amines) is 1. The molecule has 0 saturated carbocycles. The average molecular weight is 598 g/mol. The van der Waals surface area contributed by atoms with Crippen molar-refractivity contribution < 1.29 is 23.1 Å². The van der Waals surface area contributed by atoms with Gasteiger partial charge in [-0.05, 0) is 61.3 Å². The Morgan fingerprint density at radius 2 is 1.86 bits per heavy atom. The molecule has 0 bridgehead atoms. The van der Waals surface area contributed by atoms with Crippen molar-refractivity contribution in [2.75, 3.05) is 32.4 Å². The number of H-pyrrole nitrogens is 1. The molecule has 1 fully saturated rings. The van der Waals surface area contributed by atoms with Crippen LogP contribution < -0.4 is 10.5 Å². The molecule has 5 aromatic rings. The zero-order chi connectivity index (χ0) is 30.7. The molecular weight excluding hydrogens is 568 g/mol. The largest absolute Gasteiger partial charge is 0.433 e. The number of hydrogen-bond donors (Lipinski definition) is 2. The summed E-state index contributed by atoms with van der Waals surface area (Å²) in [7, 11) is 2.02. The Labute approximate surface area is 251 Å². The molecule has 12 heteroatoms. The van der Waals surface area contributed by atoms with Crippen LogP contribution in [0.25, 0.3) is 16.6 Å². The molecule has 0 aliphatic carbocycles. The number of halogens is 2. The fourth-order valence-electron chi connectivity index (χ4n) is 6.06. The number of nitrogen functional groups attached to an aromatic ring is 1. The fourth-order valence-corrected chi connectivity index (χ4v) is 6.06. The van der Waals surface area contributed by atoms with E-state index < -0.39 is 17.4 Å². The van der Waals surface area contributed by atoms with Crippen LogP contribution in [-0.4, -0.2) is 67.9 Å². The van der Waals surface area contributed by atoms with Gasteiger partial charge >= 0.3 is 0 Å². The molecule has 10 nitrogen and oxygen atoms in total. The van der Waals surface area contributed by atoms with Crippen molar-refractivity contribution in [3.63, 3.8) is 0 Å². The number of ether oxygens (including phenoxy) is 1. The molecule has 0 radical (unpaired) electrons. The summed E-state index contributed by atoms with van der Waals surface area (Å²) in [6.45, 7) is 4.55. The first-order chi connectivity index (χ1) is 21.2. The Morgan fingerprint density at radius 3 is 2.59 bits per heavy atom. The number of para-hydroxylation sites is 1. The third-order valence-electron chi connectivity index (χ3n) is 8.44. The van der Waals surface area contributed by atoms with Crippen LogP contribution in [0.4, 0.5) is 14.6 Å². The smallest absolute Gasteiger partial charge is 0.228 e. The SMILES string of the molecule is Cc1cc(Oc2c(F)cccc2F)ncc1-n1ncc(C(=O)c2cc3c4c(ccc3[nH]2)CN(C(=O)C2CN(C)C2)CC4)c1N. The summed E-state index contributed by atoms with van der Waals surface area (Å²) in [5, 5.41) is 5.28. The number of anilines is 1. The van der Waals surface area contributed by atoms with Crippen molar-refractivity contribution in [2.24, 2.45) is 5.92 Å². The standard InChI is InChI=1S/C32H29F2N7O3/c1-17-10-28(44-30-23(33)4-3-5-24(30)34)36-13-27(17)41-31(35)22(12-37-41)29(42)26-11-21-20-8-9-40(32(43)19-14-39(2)15-19)16-18(20)6-7-25(21)38-26/h3-7,10-13,19,38H,8-9,14-16,35H2,1-2H3. The molecular formula is C32H29F2N7O3. The predicted molar refractivity (Wildman–Crippen MR) is 159 cm³/mol. The predicted octanol–water partition coefficient (Wildman–Crippen LogP) is 4.39. The summed E-state index contributed by atoms with van der Waals surface area (Å²) < 4.78 is 34.8. The summed E-state index contributed by atoms with van der Waals surface area (Å²) in [5.41, 5.74) is 11.1. The van der Waals surface area contributed by atoms with E-state index in [0.29, 0.717) is 36.5 Å². The van der Waals surface area contributed by atoms with Crippen LogP contribution in [0.3, 0.4) is 0 Å². The van der Waals surface area contributed by atoms with Crippen LogP contribution in [0.2, 0.25) is 0 Å². The van der Waals surface area contributed by atoms with E-state index in [1.54, 1.807) is 6.92 Å². The van der Waals surface area contributed by atoms with Crippen molar-refractivity contribution in [1.82, 2.24) is 29.5 Å². The number of nitrogens with zero attached hydrogens (tertiary/aromatic N) is 5. The van der Waals surface area contributed by atoms with Crippen LogP contribution in [0.5, 0.6) is 11.6 Å². The number of nitrogens with two attached hydrogens (primary N) is 1. The first kappa shape index (κ1) is 27.7. The fraction of sp³-hybridized carbons (Fsp3) is 0.250. The number of benzene rings is 2. The second kappa shape index (κ2) is 10.6. The second-order valence-corrected chi connectivity index (χ2v) is 11.4. The highest BCUT2D eigenvalue weighted by atomic mass is 19.1. The van der Waals surface area contributed by atoms with Gasteiger partial charge in [-0.3, -0.25) is 9.59 Å². The lowest BCUT2D eigenvalue weighted by molar-refractivity contribution is -0.141. The van der Waals surface area contributed by atoms with Gasteiger partial charge in [-0.2, -0.15) is 5.10 Å². The first-order valence-electron chi connectivity index (χ1n) is 14.3. The van der Waals surface area contributed by atoms with E-state index in [-0.39, 0.29) is 34.9 Å². The van der Waals surface area contributed by atoms with Gasteiger partial charge in [-0.25, -0.2) is 18.4 Å². The summed E-state index contributed by atoms with van der Waals surface area (Å²) in [6.07, 6.45) is 3.52.